The van der Waals surface area contributed by atoms with Crippen molar-refractivity contribution < 1.29 is 9.32 Å². The van der Waals surface area contributed by atoms with E-state index in [1.165, 1.54) is 11.8 Å². The number of carbonyl (C=O) groups excluding carboxylic acids is 1. The Labute approximate surface area is 127 Å². The molecule has 5 nitrogen and oxygen atoms in total. The summed E-state index contributed by atoms with van der Waals surface area (Å²) < 4.78 is 4.67. The smallest absolute Gasteiger partial charge is 0.273 e. The van der Waals surface area contributed by atoms with Crippen molar-refractivity contribution in [1.82, 2.24) is 15.4 Å². The lowest BCUT2D eigenvalue weighted by Crippen LogP contribution is -2.38. The van der Waals surface area contributed by atoms with Crippen molar-refractivity contribution in [1.29, 1.82) is 0 Å². The fourth-order valence-electron chi connectivity index (χ4n) is 2.65. The van der Waals surface area contributed by atoms with Gasteiger partial charge in [-0.15, -0.1) is 0 Å². The average Bonchev–Trinajstić information content (AvgIpc) is 3.19. The van der Waals surface area contributed by atoms with Crippen LogP contribution in [-0.4, -0.2) is 35.6 Å². The molecule has 1 N–H and O–H groups in total. The van der Waals surface area contributed by atoms with Gasteiger partial charge in [0.2, 0.25) is 0 Å². The molecule has 0 unspecified atom stereocenters. The Bertz CT molecular complexity index is 546. The number of hydrogen-bond acceptors (Lipinski definition) is 5. The van der Waals surface area contributed by atoms with Gasteiger partial charge in [-0.05, 0) is 54.2 Å². The van der Waals surface area contributed by atoms with Crippen molar-refractivity contribution in [3.8, 4) is 0 Å². The number of rotatable bonds is 5. The quantitative estimate of drug-likeness (QED) is 0.921. The Morgan fingerprint density at radius 3 is 2.95 bits per heavy atom. The number of carbonyl (C=O) groups is 1. The van der Waals surface area contributed by atoms with Gasteiger partial charge in [0.05, 0.1) is 0 Å². The highest BCUT2D eigenvalue weighted by Crippen LogP contribution is 2.19. The number of aromatic nitrogens is 1. The predicted octanol–water partition coefficient (Wildman–Crippen LogP) is 2.38. The third-order valence-electron chi connectivity index (χ3n) is 3.92. The molecule has 1 saturated heterocycles. The van der Waals surface area contributed by atoms with Crippen LogP contribution in [0.15, 0.2) is 33.7 Å². The molecular weight excluding hydrogens is 286 g/mol. The maximum atomic E-state index is 11.8. The molecule has 1 aliphatic rings. The number of nitrogens with one attached hydrogen (secondary N) is 1. The number of nitrogens with zero attached hydrogens (tertiary/aromatic N) is 2. The summed E-state index contributed by atoms with van der Waals surface area (Å²) in [5, 5.41) is 10.9. The molecule has 0 aliphatic carbocycles. The van der Waals surface area contributed by atoms with Gasteiger partial charge in [0.25, 0.3) is 5.91 Å². The van der Waals surface area contributed by atoms with E-state index in [2.05, 4.69) is 36.7 Å². The Morgan fingerprint density at radius 2 is 2.29 bits per heavy atom. The van der Waals surface area contributed by atoms with E-state index >= 15 is 0 Å². The molecule has 0 atom stereocenters. The summed E-state index contributed by atoms with van der Waals surface area (Å²) in [6.07, 6.45) is 3.67. The minimum Gasteiger partial charge on any atom is -0.364 e. The standard InChI is InChI=1S/C15H19N3O2S/c19-15(14-3-7-20-17-14)16-9-12-1-5-18(6-2-12)10-13-4-8-21-11-13/h3-4,7-8,11-12H,1-2,5-6,9-10H2,(H,16,19). The Balaban J connectivity index is 1.39. The maximum absolute atomic E-state index is 11.8. The van der Waals surface area contributed by atoms with E-state index in [0.29, 0.717) is 11.6 Å². The molecule has 1 fully saturated rings. The number of amides is 1. The van der Waals surface area contributed by atoms with Crippen molar-refractivity contribution in [3.05, 3.63) is 40.4 Å². The zero-order valence-corrected chi connectivity index (χ0v) is 12.6. The minimum atomic E-state index is -0.149. The largest absolute Gasteiger partial charge is 0.364 e. The van der Waals surface area contributed by atoms with Crippen LogP contribution in [0.3, 0.4) is 0 Å². The first-order chi connectivity index (χ1) is 10.3. The predicted molar refractivity (Wildman–Crippen MR) is 81.2 cm³/mol. The van der Waals surface area contributed by atoms with Gasteiger partial charge >= 0.3 is 0 Å². The minimum absolute atomic E-state index is 0.149. The summed E-state index contributed by atoms with van der Waals surface area (Å²) in [5.41, 5.74) is 1.75. The second kappa shape index (κ2) is 6.87. The molecule has 6 heteroatoms. The molecule has 3 rings (SSSR count). The highest BCUT2D eigenvalue weighted by Gasteiger charge is 2.20. The molecule has 0 radical (unpaired) electrons. The fraction of sp³-hybridized carbons (Fsp3) is 0.467. The highest BCUT2D eigenvalue weighted by atomic mass is 32.1. The molecule has 1 amide bonds. The van der Waals surface area contributed by atoms with Gasteiger partial charge in [0, 0.05) is 19.2 Å². The molecule has 2 aromatic rings. The summed E-state index contributed by atoms with van der Waals surface area (Å²) in [5.74, 6) is 0.407. The average molecular weight is 305 g/mol. The topological polar surface area (TPSA) is 58.4 Å². The Morgan fingerprint density at radius 1 is 1.43 bits per heavy atom. The molecule has 3 heterocycles. The van der Waals surface area contributed by atoms with Gasteiger partial charge in [0.15, 0.2) is 5.69 Å². The van der Waals surface area contributed by atoms with E-state index in [1.807, 2.05) is 0 Å². The van der Waals surface area contributed by atoms with Crippen molar-refractivity contribution >= 4 is 17.2 Å². The van der Waals surface area contributed by atoms with Crippen LogP contribution in [0, 0.1) is 5.92 Å². The zero-order chi connectivity index (χ0) is 14.5. The first kappa shape index (κ1) is 14.3. The third-order valence-corrected chi connectivity index (χ3v) is 4.65. The van der Waals surface area contributed by atoms with Crippen molar-refractivity contribution in [2.75, 3.05) is 19.6 Å². The third kappa shape index (κ3) is 3.92. The monoisotopic (exact) mass is 305 g/mol. The molecule has 112 valence electrons. The number of hydrogen-bond donors (Lipinski definition) is 1. The summed E-state index contributed by atoms with van der Waals surface area (Å²) >= 11 is 1.75. The summed E-state index contributed by atoms with van der Waals surface area (Å²) in [6, 6.07) is 3.77. The van der Waals surface area contributed by atoms with Gasteiger partial charge < -0.3 is 9.84 Å². The fourth-order valence-corrected chi connectivity index (χ4v) is 3.31. The van der Waals surface area contributed by atoms with Crippen LogP contribution in [0.25, 0.3) is 0 Å². The number of piperidine rings is 1. The van der Waals surface area contributed by atoms with Crippen LogP contribution in [0.1, 0.15) is 28.9 Å². The van der Waals surface area contributed by atoms with Crippen molar-refractivity contribution in [3.63, 3.8) is 0 Å². The van der Waals surface area contributed by atoms with Crippen LogP contribution in [0.2, 0.25) is 0 Å². The van der Waals surface area contributed by atoms with Gasteiger partial charge in [0.1, 0.15) is 6.26 Å². The summed E-state index contributed by atoms with van der Waals surface area (Å²) in [4.78, 5) is 14.3. The zero-order valence-electron chi connectivity index (χ0n) is 11.8. The lowest BCUT2D eigenvalue weighted by Gasteiger charge is -2.31. The maximum Gasteiger partial charge on any atom is 0.273 e. The van der Waals surface area contributed by atoms with Crippen LogP contribution < -0.4 is 5.32 Å². The first-order valence-corrected chi connectivity index (χ1v) is 8.17. The number of thiophene rings is 1. The normalized spacial score (nSPS) is 17.0. The molecular formula is C15H19N3O2S. The second-order valence-corrected chi connectivity index (χ2v) is 6.23. The van der Waals surface area contributed by atoms with Crippen molar-refractivity contribution in [2.45, 2.75) is 19.4 Å². The Kier molecular flexibility index (Phi) is 4.67. The first-order valence-electron chi connectivity index (χ1n) is 7.23. The summed E-state index contributed by atoms with van der Waals surface area (Å²) in [7, 11) is 0. The lowest BCUT2D eigenvalue weighted by atomic mass is 9.96. The van der Waals surface area contributed by atoms with Crippen LogP contribution in [0.4, 0.5) is 0 Å². The van der Waals surface area contributed by atoms with Gasteiger partial charge in [-0.1, -0.05) is 5.16 Å². The summed E-state index contributed by atoms with van der Waals surface area (Å²) in [6.45, 7) is 3.96. The van der Waals surface area contributed by atoms with E-state index in [9.17, 15) is 4.79 Å². The molecule has 0 spiro atoms. The molecule has 0 aromatic carbocycles. The van der Waals surface area contributed by atoms with E-state index in [4.69, 9.17) is 0 Å². The van der Waals surface area contributed by atoms with Crippen LogP contribution in [-0.2, 0) is 6.54 Å². The van der Waals surface area contributed by atoms with E-state index in [1.54, 1.807) is 17.4 Å². The van der Waals surface area contributed by atoms with Gasteiger partial charge in [-0.25, -0.2) is 0 Å². The number of likely N-dealkylation sites (tertiary alicyclic amines) is 1. The van der Waals surface area contributed by atoms with Gasteiger partial charge in [-0.2, -0.15) is 11.3 Å². The molecule has 0 saturated carbocycles. The molecule has 1 aliphatic heterocycles. The molecule has 21 heavy (non-hydrogen) atoms. The SMILES string of the molecule is O=C(NCC1CCN(Cc2ccsc2)CC1)c1ccon1. The van der Waals surface area contributed by atoms with Crippen LogP contribution >= 0.6 is 11.3 Å². The van der Waals surface area contributed by atoms with Crippen molar-refractivity contribution in [2.24, 2.45) is 5.92 Å². The van der Waals surface area contributed by atoms with E-state index in [-0.39, 0.29) is 5.91 Å². The molecule has 2 aromatic heterocycles. The van der Waals surface area contributed by atoms with E-state index < -0.39 is 0 Å². The Hall–Kier alpha value is -1.66. The molecule has 0 bridgehead atoms. The lowest BCUT2D eigenvalue weighted by molar-refractivity contribution is 0.0926. The van der Waals surface area contributed by atoms with Gasteiger partial charge in [-0.3, -0.25) is 9.69 Å². The highest BCUT2D eigenvalue weighted by molar-refractivity contribution is 7.07. The van der Waals surface area contributed by atoms with E-state index in [0.717, 1.165) is 39.0 Å². The van der Waals surface area contributed by atoms with Crippen LogP contribution in [0.5, 0.6) is 0 Å². The second-order valence-electron chi connectivity index (χ2n) is 5.45.